The number of anilines is 1. The van der Waals surface area contributed by atoms with Crippen molar-refractivity contribution in [1.82, 2.24) is 10.2 Å². The average molecular weight is 196 g/mol. The van der Waals surface area contributed by atoms with Gasteiger partial charge in [-0.05, 0) is 5.41 Å². The van der Waals surface area contributed by atoms with Crippen LogP contribution >= 0.6 is 0 Å². The molecular formula is C9H16N4O. The summed E-state index contributed by atoms with van der Waals surface area (Å²) < 4.78 is 0. The normalized spacial score (nSPS) is 13.7. The minimum Gasteiger partial charge on any atom is -0.319 e. The first-order valence-electron chi connectivity index (χ1n) is 4.47. The van der Waals surface area contributed by atoms with E-state index in [0.717, 1.165) is 0 Å². The fourth-order valence-electron chi connectivity index (χ4n) is 0.929. The molecule has 1 rings (SSSR count). The van der Waals surface area contributed by atoms with E-state index in [2.05, 4.69) is 15.5 Å². The molecule has 0 aromatic carbocycles. The van der Waals surface area contributed by atoms with Crippen LogP contribution in [0.1, 0.15) is 20.8 Å². The highest BCUT2D eigenvalue weighted by Gasteiger charge is 2.27. The molecule has 0 aliphatic heterocycles. The van der Waals surface area contributed by atoms with Gasteiger partial charge in [-0.25, -0.2) is 0 Å². The van der Waals surface area contributed by atoms with E-state index in [1.165, 1.54) is 0 Å². The number of amides is 1. The van der Waals surface area contributed by atoms with Crippen molar-refractivity contribution >= 4 is 11.7 Å². The van der Waals surface area contributed by atoms with Crippen molar-refractivity contribution in [2.24, 2.45) is 11.1 Å². The van der Waals surface area contributed by atoms with Crippen LogP contribution in [0.4, 0.5) is 5.82 Å². The van der Waals surface area contributed by atoms with Crippen LogP contribution in [0.2, 0.25) is 0 Å². The Hall–Kier alpha value is -1.36. The number of aromatic nitrogens is 2. The lowest BCUT2D eigenvalue weighted by molar-refractivity contribution is -0.119. The van der Waals surface area contributed by atoms with Crippen LogP contribution in [0.25, 0.3) is 0 Å². The van der Waals surface area contributed by atoms with Crippen molar-refractivity contribution in [1.29, 1.82) is 0 Å². The fraction of sp³-hybridized carbons (Fsp3) is 0.556. The van der Waals surface area contributed by atoms with E-state index < -0.39 is 6.04 Å². The first-order chi connectivity index (χ1) is 6.41. The van der Waals surface area contributed by atoms with Gasteiger partial charge in [-0.15, -0.1) is 0 Å². The molecule has 5 heteroatoms. The second-order valence-corrected chi connectivity index (χ2v) is 4.30. The molecule has 1 amide bonds. The number of hydrogen-bond acceptors (Lipinski definition) is 3. The minimum atomic E-state index is -0.536. The Morgan fingerprint density at radius 2 is 2.29 bits per heavy atom. The molecule has 1 heterocycles. The molecule has 0 spiro atoms. The summed E-state index contributed by atoms with van der Waals surface area (Å²) in [5.74, 6) is 0.358. The first kappa shape index (κ1) is 10.7. The molecule has 0 saturated carbocycles. The lowest BCUT2D eigenvalue weighted by Gasteiger charge is -2.25. The molecule has 1 aromatic rings. The lowest BCUT2D eigenvalue weighted by Crippen LogP contribution is -2.45. The van der Waals surface area contributed by atoms with Crippen molar-refractivity contribution < 1.29 is 4.79 Å². The van der Waals surface area contributed by atoms with Crippen LogP contribution in [0.15, 0.2) is 12.3 Å². The van der Waals surface area contributed by atoms with E-state index >= 15 is 0 Å². The number of nitrogens with zero attached hydrogens (tertiary/aromatic N) is 1. The minimum absolute atomic E-state index is 0.207. The van der Waals surface area contributed by atoms with Gasteiger partial charge in [-0.1, -0.05) is 20.8 Å². The Bertz CT molecular complexity index is 299. The molecular weight excluding hydrogens is 180 g/mol. The summed E-state index contributed by atoms with van der Waals surface area (Å²) in [6.45, 7) is 5.76. The van der Waals surface area contributed by atoms with Crippen LogP contribution in [-0.2, 0) is 4.79 Å². The van der Waals surface area contributed by atoms with Gasteiger partial charge in [-0.3, -0.25) is 9.89 Å². The average Bonchev–Trinajstić information content (AvgIpc) is 2.53. The standard InChI is InChI=1S/C9H16N4O/c1-9(2,3)7(10)8(14)12-6-4-5-11-13-6/h4-5,7H,10H2,1-3H3,(H2,11,12,13,14). The van der Waals surface area contributed by atoms with Gasteiger partial charge in [0.25, 0.3) is 0 Å². The molecule has 5 nitrogen and oxygen atoms in total. The van der Waals surface area contributed by atoms with Gasteiger partial charge in [0.1, 0.15) is 5.82 Å². The smallest absolute Gasteiger partial charge is 0.242 e. The van der Waals surface area contributed by atoms with Gasteiger partial charge in [-0.2, -0.15) is 5.10 Å². The molecule has 0 fully saturated rings. The van der Waals surface area contributed by atoms with Crippen LogP contribution in [0.5, 0.6) is 0 Å². The van der Waals surface area contributed by atoms with Gasteiger partial charge in [0.05, 0.1) is 12.2 Å². The summed E-state index contributed by atoms with van der Waals surface area (Å²) >= 11 is 0. The molecule has 0 aliphatic rings. The maximum absolute atomic E-state index is 11.6. The van der Waals surface area contributed by atoms with Crippen molar-refractivity contribution in [2.75, 3.05) is 5.32 Å². The maximum atomic E-state index is 11.6. The topological polar surface area (TPSA) is 83.8 Å². The third kappa shape index (κ3) is 2.56. The maximum Gasteiger partial charge on any atom is 0.242 e. The first-order valence-corrected chi connectivity index (χ1v) is 4.47. The number of H-pyrrole nitrogens is 1. The monoisotopic (exact) mass is 196 g/mol. The van der Waals surface area contributed by atoms with Gasteiger partial charge >= 0.3 is 0 Å². The van der Waals surface area contributed by atoms with Gasteiger partial charge in [0, 0.05) is 6.07 Å². The summed E-state index contributed by atoms with van der Waals surface area (Å²) in [5.41, 5.74) is 5.52. The molecule has 14 heavy (non-hydrogen) atoms. The summed E-state index contributed by atoms with van der Waals surface area (Å²) in [4.78, 5) is 11.6. The predicted octanol–water partition coefficient (Wildman–Crippen LogP) is 0.722. The highest BCUT2D eigenvalue weighted by molar-refractivity contribution is 5.94. The number of nitrogens with one attached hydrogen (secondary N) is 2. The molecule has 78 valence electrons. The molecule has 1 unspecified atom stereocenters. The van der Waals surface area contributed by atoms with Crippen molar-refractivity contribution in [3.8, 4) is 0 Å². The lowest BCUT2D eigenvalue weighted by atomic mass is 9.87. The Kier molecular flexibility index (Phi) is 2.90. The zero-order chi connectivity index (χ0) is 10.8. The Labute approximate surface area is 83.1 Å². The van der Waals surface area contributed by atoms with E-state index in [-0.39, 0.29) is 11.3 Å². The molecule has 0 saturated heterocycles. The fourth-order valence-corrected chi connectivity index (χ4v) is 0.929. The van der Waals surface area contributed by atoms with E-state index in [0.29, 0.717) is 5.82 Å². The Balaban J connectivity index is 2.59. The number of carbonyl (C=O) groups excluding carboxylic acids is 1. The van der Waals surface area contributed by atoms with Gasteiger partial charge in [0.15, 0.2) is 0 Å². The van der Waals surface area contributed by atoms with E-state index in [1.807, 2.05) is 20.8 Å². The second kappa shape index (κ2) is 3.79. The van der Waals surface area contributed by atoms with Gasteiger partial charge in [0.2, 0.25) is 5.91 Å². The SMILES string of the molecule is CC(C)(C)C(N)C(=O)Nc1ccn[nH]1. The number of nitrogens with two attached hydrogens (primary N) is 1. The molecule has 0 aliphatic carbocycles. The largest absolute Gasteiger partial charge is 0.319 e. The highest BCUT2D eigenvalue weighted by atomic mass is 16.2. The second-order valence-electron chi connectivity index (χ2n) is 4.30. The molecule has 0 radical (unpaired) electrons. The van der Waals surface area contributed by atoms with Crippen molar-refractivity contribution in [2.45, 2.75) is 26.8 Å². The number of aromatic amines is 1. The number of carbonyl (C=O) groups is 1. The van der Waals surface area contributed by atoms with Crippen molar-refractivity contribution in [3.63, 3.8) is 0 Å². The summed E-state index contributed by atoms with van der Waals surface area (Å²) in [5, 5.41) is 9.00. The van der Waals surface area contributed by atoms with Gasteiger partial charge < -0.3 is 11.1 Å². The quantitative estimate of drug-likeness (QED) is 0.651. The van der Waals surface area contributed by atoms with Crippen LogP contribution in [0.3, 0.4) is 0 Å². The van der Waals surface area contributed by atoms with Crippen molar-refractivity contribution in [3.05, 3.63) is 12.3 Å². The Morgan fingerprint density at radius 3 is 2.71 bits per heavy atom. The third-order valence-corrected chi connectivity index (χ3v) is 1.97. The Morgan fingerprint density at radius 1 is 1.64 bits per heavy atom. The third-order valence-electron chi connectivity index (χ3n) is 1.97. The predicted molar refractivity (Wildman–Crippen MR) is 54.6 cm³/mol. The summed E-state index contributed by atoms with van der Waals surface area (Å²) in [6.07, 6.45) is 1.57. The zero-order valence-corrected chi connectivity index (χ0v) is 8.66. The summed E-state index contributed by atoms with van der Waals surface area (Å²) in [6, 6.07) is 1.14. The molecule has 0 bridgehead atoms. The summed E-state index contributed by atoms with van der Waals surface area (Å²) in [7, 11) is 0. The van der Waals surface area contributed by atoms with E-state index in [4.69, 9.17) is 5.73 Å². The highest BCUT2D eigenvalue weighted by Crippen LogP contribution is 2.18. The van der Waals surface area contributed by atoms with E-state index in [9.17, 15) is 4.79 Å². The van der Waals surface area contributed by atoms with Crippen LogP contribution in [-0.4, -0.2) is 22.1 Å². The number of hydrogen-bond donors (Lipinski definition) is 3. The van der Waals surface area contributed by atoms with E-state index in [1.54, 1.807) is 12.3 Å². The van der Waals surface area contributed by atoms with Crippen LogP contribution in [0, 0.1) is 5.41 Å². The molecule has 1 aromatic heterocycles. The zero-order valence-electron chi connectivity index (χ0n) is 8.66. The van der Waals surface area contributed by atoms with Crippen LogP contribution < -0.4 is 11.1 Å². The molecule has 1 atom stereocenters. The molecule has 4 N–H and O–H groups in total. The number of rotatable bonds is 2.